The third-order valence-electron chi connectivity index (χ3n) is 3.61. The van der Waals surface area contributed by atoms with Gasteiger partial charge in [-0.05, 0) is 23.8 Å². The molecule has 0 bridgehead atoms. The monoisotopic (exact) mass is 365 g/mol. The summed E-state index contributed by atoms with van der Waals surface area (Å²) >= 11 is 0. The normalized spacial score (nSPS) is 11.2. The van der Waals surface area contributed by atoms with Gasteiger partial charge in [0.2, 0.25) is 0 Å². The molecule has 0 radical (unpaired) electrons. The van der Waals surface area contributed by atoms with E-state index in [1.54, 1.807) is 0 Å². The van der Waals surface area contributed by atoms with Crippen LogP contribution >= 0.6 is 0 Å². The van der Waals surface area contributed by atoms with Crippen LogP contribution in [0.4, 0.5) is 10.1 Å². The van der Waals surface area contributed by atoms with E-state index in [0.717, 1.165) is 11.3 Å². The van der Waals surface area contributed by atoms with E-state index < -0.39 is 22.8 Å². The molecule has 0 saturated carbocycles. The van der Waals surface area contributed by atoms with Crippen molar-refractivity contribution in [1.29, 1.82) is 0 Å². The number of furan rings is 1. The summed E-state index contributed by atoms with van der Waals surface area (Å²) in [4.78, 5) is 11.3. The van der Waals surface area contributed by atoms with E-state index in [1.807, 2.05) is 0 Å². The first-order chi connectivity index (χ1) is 11.9. The molecule has 0 amide bonds. The highest BCUT2D eigenvalue weighted by molar-refractivity contribution is 7.67. The van der Waals surface area contributed by atoms with Gasteiger partial charge in [0, 0.05) is 24.1 Å². The Morgan fingerprint density at radius 3 is 2.52 bits per heavy atom. The van der Waals surface area contributed by atoms with Crippen molar-refractivity contribution in [1.82, 2.24) is 0 Å². The summed E-state index contributed by atoms with van der Waals surface area (Å²) in [6, 6.07) is 8.45. The fourth-order valence-electron chi connectivity index (χ4n) is 2.49. The molecule has 7 nitrogen and oxygen atoms in total. The lowest BCUT2D eigenvalue weighted by Gasteiger charge is -2.18. The Morgan fingerprint density at radius 2 is 1.92 bits per heavy atom. The number of carboxylic acid groups (broad SMARTS) is 1. The third-order valence-corrected chi connectivity index (χ3v) is 3.98. The molecule has 9 heteroatoms. The molecule has 0 atom stereocenters. The number of thiol groups is 1. The largest absolute Gasteiger partial charge is 0.478 e. The van der Waals surface area contributed by atoms with Gasteiger partial charge in [0.05, 0.1) is 5.69 Å². The van der Waals surface area contributed by atoms with Gasteiger partial charge in [-0.3, -0.25) is 0 Å². The van der Waals surface area contributed by atoms with Crippen molar-refractivity contribution in [3.05, 3.63) is 54.0 Å². The van der Waals surface area contributed by atoms with Gasteiger partial charge in [0.1, 0.15) is 23.2 Å². The first-order valence-electron chi connectivity index (χ1n) is 6.97. The molecule has 0 aliphatic rings. The van der Waals surface area contributed by atoms with Gasteiger partial charge < -0.3 is 9.52 Å². The minimum Gasteiger partial charge on any atom is -0.478 e. The topological polar surface area (TPSA) is 97.0 Å². The number of anilines is 1. The maximum Gasteiger partial charge on any atom is 0.339 e. The second-order valence-electron chi connectivity index (χ2n) is 5.13. The zero-order valence-corrected chi connectivity index (χ0v) is 13.7. The summed E-state index contributed by atoms with van der Waals surface area (Å²) in [6.45, 7) is 0. The van der Waals surface area contributed by atoms with Crippen LogP contribution in [0.2, 0.25) is 0 Å². The van der Waals surface area contributed by atoms with Crippen molar-refractivity contribution < 1.29 is 31.4 Å². The SMILES string of the molecule is CN(O[SH](=O)=O)c1cc2occ(C(=O)O)c2cc1-c1ccc(F)cc1. The predicted molar refractivity (Wildman–Crippen MR) is 88.4 cm³/mol. The molecule has 3 rings (SSSR count). The Kier molecular flexibility index (Phi) is 4.43. The molecule has 25 heavy (non-hydrogen) atoms. The molecule has 1 N–H and O–H groups in total. The van der Waals surface area contributed by atoms with Crippen LogP contribution in [0.1, 0.15) is 10.4 Å². The standard InChI is InChI=1S/C16H12FNO6S/c1-18(24-25(21)22)14-7-15-12(13(8-23-15)16(19)20)6-11(14)9-2-4-10(17)5-3-9/h2-8,25H,1H3,(H,19,20). The van der Waals surface area contributed by atoms with Gasteiger partial charge in [-0.25, -0.2) is 22.7 Å². The van der Waals surface area contributed by atoms with Gasteiger partial charge >= 0.3 is 5.97 Å². The lowest BCUT2D eigenvalue weighted by Crippen LogP contribution is -2.17. The maximum atomic E-state index is 13.2. The summed E-state index contributed by atoms with van der Waals surface area (Å²) < 4.78 is 44.8. The van der Waals surface area contributed by atoms with Crippen molar-refractivity contribution in [2.75, 3.05) is 12.1 Å². The molecule has 0 aliphatic heterocycles. The highest BCUT2D eigenvalue weighted by atomic mass is 32.2. The Morgan fingerprint density at radius 1 is 1.24 bits per heavy atom. The average Bonchev–Trinajstić information content (AvgIpc) is 2.97. The number of hydroxylamine groups is 1. The smallest absolute Gasteiger partial charge is 0.339 e. The maximum absolute atomic E-state index is 13.2. The van der Waals surface area contributed by atoms with Crippen molar-refractivity contribution in [2.24, 2.45) is 0 Å². The highest BCUT2D eigenvalue weighted by Crippen LogP contribution is 2.36. The number of rotatable bonds is 5. The zero-order valence-electron chi connectivity index (χ0n) is 12.8. The molecule has 130 valence electrons. The number of carbonyl (C=O) groups is 1. The zero-order chi connectivity index (χ0) is 18.1. The van der Waals surface area contributed by atoms with Crippen LogP contribution < -0.4 is 5.06 Å². The van der Waals surface area contributed by atoms with Crippen molar-refractivity contribution >= 4 is 33.6 Å². The van der Waals surface area contributed by atoms with Crippen LogP contribution in [-0.2, 0) is 15.3 Å². The molecule has 2 aromatic carbocycles. The van der Waals surface area contributed by atoms with E-state index in [1.165, 1.54) is 43.4 Å². The van der Waals surface area contributed by atoms with E-state index in [2.05, 4.69) is 4.28 Å². The second kappa shape index (κ2) is 6.54. The number of fused-ring (bicyclic) bond motifs is 1. The van der Waals surface area contributed by atoms with Gasteiger partial charge in [-0.1, -0.05) is 12.1 Å². The van der Waals surface area contributed by atoms with Gasteiger partial charge in [0.15, 0.2) is 0 Å². The average molecular weight is 365 g/mol. The molecule has 0 unspecified atom stereocenters. The number of hydrogen-bond acceptors (Lipinski definition) is 6. The van der Waals surface area contributed by atoms with E-state index in [-0.39, 0.29) is 11.1 Å². The Balaban J connectivity index is 2.26. The molecule has 0 spiro atoms. The van der Waals surface area contributed by atoms with Gasteiger partial charge in [0.25, 0.3) is 11.0 Å². The number of hydrogen-bond donors (Lipinski definition) is 2. The summed E-state index contributed by atoms with van der Waals surface area (Å²) in [5, 5.41) is 10.6. The quantitative estimate of drug-likeness (QED) is 0.530. The van der Waals surface area contributed by atoms with E-state index in [9.17, 15) is 22.7 Å². The van der Waals surface area contributed by atoms with Crippen LogP contribution in [0.5, 0.6) is 0 Å². The van der Waals surface area contributed by atoms with Crippen LogP contribution in [0.15, 0.2) is 47.1 Å². The molecular formula is C16H12FNO6S. The number of halogens is 1. The lowest BCUT2D eigenvalue weighted by atomic mass is 10.00. The molecule has 0 saturated heterocycles. The van der Waals surface area contributed by atoms with Crippen LogP contribution in [0.3, 0.4) is 0 Å². The summed E-state index contributed by atoms with van der Waals surface area (Å²) in [5.74, 6) is -1.60. The predicted octanol–water partition coefficient (Wildman–Crippen LogP) is 2.83. The van der Waals surface area contributed by atoms with Crippen LogP contribution in [-0.4, -0.2) is 26.5 Å². The Labute approximate surface area is 143 Å². The Hall–Kier alpha value is -2.91. The third kappa shape index (κ3) is 3.32. The minimum atomic E-state index is -3.16. The number of aromatic carboxylic acids is 1. The van der Waals surface area contributed by atoms with E-state index in [0.29, 0.717) is 22.2 Å². The minimum absolute atomic E-state index is 0.0385. The molecule has 3 aromatic rings. The van der Waals surface area contributed by atoms with Crippen LogP contribution in [0.25, 0.3) is 22.1 Å². The number of nitrogens with zero attached hydrogens (tertiary/aromatic N) is 1. The molecular weight excluding hydrogens is 353 g/mol. The summed E-state index contributed by atoms with van der Waals surface area (Å²) in [6.07, 6.45) is 1.10. The lowest BCUT2D eigenvalue weighted by molar-refractivity contribution is 0.0698. The van der Waals surface area contributed by atoms with Crippen molar-refractivity contribution in [2.45, 2.75) is 0 Å². The summed E-state index contributed by atoms with van der Waals surface area (Å²) in [7, 11) is -1.78. The molecule has 1 heterocycles. The fourth-order valence-corrected chi connectivity index (χ4v) is 2.78. The van der Waals surface area contributed by atoms with E-state index in [4.69, 9.17) is 4.42 Å². The Bertz CT molecular complexity index is 1020. The molecule has 0 aliphatic carbocycles. The first kappa shape index (κ1) is 16.9. The molecule has 1 aromatic heterocycles. The van der Waals surface area contributed by atoms with Gasteiger partial charge in [-0.15, -0.1) is 0 Å². The fraction of sp³-hybridized carbons (Fsp3) is 0.0625. The highest BCUT2D eigenvalue weighted by Gasteiger charge is 2.19. The first-order valence-corrected chi connectivity index (χ1v) is 8.07. The van der Waals surface area contributed by atoms with Crippen LogP contribution in [0, 0.1) is 5.82 Å². The number of benzene rings is 2. The second-order valence-corrected chi connectivity index (χ2v) is 5.74. The van der Waals surface area contributed by atoms with E-state index >= 15 is 0 Å². The van der Waals surface area contributed by atoms with Crippen molar-refractivity contribution in [3.8, 4) is 11.1 Å². The molecule has 0 fully saturated rings. The van der Waals surface area contributed by atoms with Crippen molar-refractivity contribution in [3.63, 3.8) is 0 Å². The summed E-state index contributed by atoms with van der Waals surface area (Å²) in [5.41, 5.74) is 1.52. The van der Waals surface area contributed by atoms with Gasteiger partial charge in [-0.2, -0.15) is 4.28 Å². The number of carboxylic acids is 1.